The number of hydrogen-bond donors (Lipinski definition) is 2. The number of non-ortho nitro benzene ring substituents is 1. The van der Waals surface area contributed by atoms with Gasteiger partial charge >= 0.3 is 0 Å². The third kappa shape index (κ3) is 6.26. The lowest BCUT2D eigenvalue weighted by molar-refractivity contribution is -0.384. The molecule has 0 bridgehead atoms. The molecule has 0 aliphatic heterocycles. The van der Waals surface area contributed by atoms with Crippen molar-refractivity contribution < 1.29 is 14.5 Å². The van der Waals surface area contributed by atoms with Crippen molar-refractivity contribution >= 4 is 23.6 Å². The van der Waals surface area contributed by atoms with Crippen LogP contribution >= 0.6 is 0 Å². The number of nitrogens with zero attached hydrogens (tertiary/aromatic N) is 1. The summed E-state index contributed by atoms with van der Waals surface area (Å²) in [5.41, 5.74) is 6.08. The van der Waals surface area contributed by atoms with Crippen molar-refractivity contribution in [1.29, 1.82) is 0 Å². The molecule has 0 unspecified atom stereocenters. The molecule has 128 valence electrons. The number of rotatable bonds is 6. The van der Waals surface area contributed by atoms with Gasteiger partial charge in [0.2, 0.25) is 5.91 Å². The van der Waals surface area contributed by atoms with Crippen molar-refractivity contribution in [3.8, 4) is 0 Å². The van der Waals surface area contributed by atoms with E-state index in [1.807, 2.05) is 30.3 Å². The van der Waals surface area contributed by atoms with Gasteiger partial charge in [-0.3, -0.25) is 30.6 Å². The summed E-state index contributed by atoms with van der Waals surface area (Å²) in [7, 11) is 0. The number of aryl methyl sites for hydroxylation is 1. The van der Waals surface area contributed by atoms with E-state index in [4.69, 9.17) is 0 Å². The molecular formula is C18H17N3O4. The van der Waals surface area contributed by atoms with Gasteiger partial charge in [-0.1, -0.05) is 42.5 Å². The fourth-order valence-corrected chi connectivity index (χ4v) is 2.05. The molecule has 0 atom stereocenters. The molecule has 0 aromatic heterocycles. The number of hydrogen-bond acceptors (Lipinski definition) is 4. The third-order valence-corrected chi connectivity index (χ3v) is 3.32. The fourth-order valence-electron chi connectivity index (χ4n) is 2.05. The Balaban J connectivity index is 1.77. The van der Waals surface area contributed by atoms with Gasteiger partial charge in [0.1, 0.15) is 0 Å². The molecule has 0 aliphatic rings. The van der Waals surface area contributed by atoms with Crippen LogP contribution in [0.25, 0.3) is 6.08 Å². The topological polar surface area (TPSA) is 101 Å². The van der Waals surface area contributed by atoms with E-state index in [0.717, 1.165) is 5.56 Å². The molecule has 0 saturated heterocycles. The minimum Gasteiger partial charge on any atom is -0.273 e. The molecular weight excluding hydrogens is 322 g/mol. The second kappa shape index (κ2) is 8.97. The van der Waals surface area contributed by atoms with Crippen molar-refractivity contribution in [3.05, 3.63) is 81.9 Å². The Morgan fingerprint density at radius 3 is 2.52 bits per heavy atom. The number of carbonyl (C=O) groups excluding carboxylic acids is 2. The maximum absolute atomic E-state index is 11.7. The number of benzene rings is 2. The summed E-state index contributed by atoms with van der Waals surface area (Å²) in [4.78, 5) is 33.5. The summed E-state index contributed by atoms with van der Waals surface area (Å²) in [5, 5.41) is 10.7. The molecule has 25 heavy (non-hydrogen) atoms. The summed E-state index contributed by atoms with van der Waals surface area (Å²) in [6.07, 6.45) is 3.44. The van der Waals surface area contributed by atoms with Crippen molar-refractivity contribution in [2.24, 2.45) is 0 Å². The Bertz CT molecular complexity index is 788. The van der Waals surface area contributed by atoms with Crippen LogP contribution in [0.3, 0.4) is 0 Å². The van der Waals surface area contributed by atoms with Gasteiger partial charge in [-0.25, -0.2) is 0 Å². The molecule has 7 nitrogen and oxygen atoms in total. The second-order valence-corrected chi connectivity index (χ2v) is 5.21. The first kappa shape index (κ1) is 17.9. The van der Waals surface area contributed by atoms with Gasteiger partial charge < -0.3 is 0 Å². The number of hydrazine groups is 1. The summed E-state index contributed by atoms with van der Waals surface area (Å²) < 4.78 is 0. The first-order valence-corrected chi connectivity index (χ1v) is 7.60. The zero-order valence-electron chi connectivity index (χ0n) is 13.3. The number of carbonyl (C=O) groups is 2. The summed E-state index contributed by atoms with van der Waals surface area (Å²) in [6.45, 7) is 0. The Labute approximate surface area is 144 Å². The molecule has 0 radical (unpaired) electrons. The molecule has 0 saturated carbocycles. The van der Waals surface area contributed by atoms with E-state index in [0.29, 0.717) is 12.0 Å². The average molecular weight is 339 g/mol. The van der Waals surface area contributed by atoms with Crippen LogP contribution in [0.4, 0.5) is 5.69 Å². The minimum absolute atomic E-state index is 0.0585. The molecule has 2 rings (SSSR count). The molecule has 2 aromatic rings. The van der Waals surface area contributed by atoms with Gasteiger partial charge in [0.25, 0.3) is 11.6 Å². The summed E-state index contributed by atoms with van der Waals surface area (Å²) >= 11 is 0. The first-order valence-electron chi connectivity index (χ1n) is 7.60. The predicted octanol–water partition coefficient (Wildman–Crippen LogP) is 2.39. The van der Waals surface area contributed by atoms with E-state index in [2.05, 4.69) is 10.9 Å². The van der Waals surface area contributed by atoms with Crippen LogP contribution in [-0.2, 0) is 16.0 Å². The summed E-state index contributed by atoms with van der Waals surface area (Å²) in [5.74, 6) is -0.833. The molecule has 0 aliphatic carbocycles. The van der Waals surface area contributed by atoms with Crippen LogP contribution in [0.2, 0.25) is 0 Å². The van der Waals surface area contributed by atoms with E-state index < -0.39 is 10.8 Å². The highest BCUT2D eigenvalue weighted by atomic mass is 16.6. The second-order valence-electron chi connectivity index (χ2n) is 5.21. The van der Waals surface area contributed by atoms with Crippen molar-refractivity contribution in [3.63, 3.8) is 0 Å². The van der Waals surface area contributed by atoms with E-state index >= 15 is 0 Å². The molecule has 2 N–H and O–H groups in total. The summed E-state index contributed by atoms with van der Waals surface area (Å²) in [6, 6.07) is 15.4. The molecule has 7 heteroatoms. The first-order chi connectivity index (χ1) is 12.0. The standard InChI is InChI=1S/C18H17N3O4/c22-17(11-9-14-5-2-1-3-6-14)19-20-18(23)12-10-15-7-4-8-16(13-15)21(24)25/h1-8,10,12-13H,9,11H2,(H,19,22)(H,20,23)/b12-10+. The highest BCUT2D eigenvalue weighted by Gasteiger charge is 2.05. The maximum Gasteiger partial charge on any atom is 0.270 e. The van der Waals surface area contributed by atoms with Crippen LogP contribution in [0.5, 0.6) is 0 Å². The van der Waals surface area contributed by atoms with Crippen LogP contribution in [0.15, 0.2) is 60.7 Å². The maximum atomic E-state index is 11.7. The normalized spacial score (nSPS) is 10.4. The highest BCUT2D eigenvalue weighted by molar-refractivity contribution is 5.93. The lowest BCUT2D eigenvalue weighted by Gasteiger charge is -2.05. The number of nitro benzene ring substituents is 1. The molecule has 0 spiro atoms. The lowest BCUT2D eigenvalue weighted by Crippen LogP contribution is -2.40. The van der Waals surface area contributed by atoms with E-state index in [1.165, 1.54) is 30.4 Å². The Morgan fingerprint density at radius 1 is 1.04 bits per heavy atom. The van der Waals surface area contributed by atoms with Crippen LogP contribution in [0, 0.1) is 10.1 Å². The van der Waals surface area contributed by atoms with E-state index in [-0.39, 0.29) is 18.0 Å². The Kier molecular flexibility index (Phi) is 6.41. The molecule has 0 fully saturated rings. The molecule has 2 aromatic carbocycles. The van der Waals surface area contributed by atoms with Crippen LogP contribution in [0.1, 0.15) is 17.5 Å². The van der Waals surface area contributed by atoms with E-state index in [9.17, 15) is 19.7 Å². The average Bonchev–Trinajstić information content (AvgIpc) is 2.64. The monoisotopic (exact) mass is 339 g/mol. The molecule has 0 heterocycles. The van der Waals surface area contributed by atoms with Gasteiger partial charge in [-0.2, -0.15) is 0 Å². The van der Waals surface area contributed by atoms with Gasteiger partial charge in [0.15, 0.2) is 0 Å². The smallest absolute Gasteiger partial charge is 0.270 e. The fraction of sp³-hybridized carbons (Fsp3) is 0.111. The zero-order chi connectivity index (χ0) is 18.1. The SMILES string of the molecule is O=C(/C=C/c1cccc([N+](=O)[O-])c1)NNC(=O)CCc1ccccc1. The van der Waals surface area contributed by atoms with Gasteiger partial charge in [0.05, 0.1) is 4.92 Å². The van der Waals surface area contributed by atoms with Crippen LogP contribution < -0.4 is 10.9 Å². The Morgan fingerprint density at radius 2 is 1.80 bits per heavy atom. The lowest BCUT2D eigenvalue weighted by atomic mass is 10.1. The van der Waals surface area contributed by atoms with Crippen molar-refractivity contribution in [1.82, 2.24) is 10.9 Å². The van der Waals surface area contributed by atoms with Gasteiger partial charge in [-0.15, -0.1) is 0 Å². The van der Waals surface area contributed by atoms with E-state index in [1.54, 1.807) is 6.07 Å². The van der Waals surface area contributed by atoms with Gasteiger partial charge in [0, 0.05) is 24.6 Å². The predicted molar refractivity (Wildman–Crippen MR) is 93.2 cm³/mol. The number of amides is 2. The number of nitro groups is 1. The van der Waals surface area contributed by atoms with Crippen LogP contribution in [-0.4, -0.2) is 16.7 Å². The van der Waals surface area contributed by atoms with Crippen molar-refractivity contribution in [2.75, 3.05) is 0 Å². The molecule has 2 amide bonds. The minimum atomic E-state index is -0.528. The largest absolute Gasteiger partial charge is 0.273 e. The number of nitrogens with one attached hydrogen (secondary N) is 2. The highest BCUT2D eigenvalue weighted by Crippen LogP contribution is 2.13. The quantitative estimate of drug-likeness (QED) is 0.479. The Hall–Kier alpha value is -3.48. The third-order valence-electron chi connectivity index (χ3n) is 3.32. The van der Waals surface area contributed by atoms with Crippen molar-refractivity contribution in [2.45, 2.75) is 12.8 Å². The zero-order valence-corrected chi connectivity index (χ0v) is 13.3. The van der Waals surface area contributed by atoms with Gasteiger partial charge in [-0.05, 0) is 23.6 Å².